The third kappa shape index (κ3) is 5.72. The Morgan fingerprint density at radius 2 is 1.52 bits per heavy atom. The Labute approximate surface area is 187 Å². The summed E-state index contributed by atoms with van der Waals surface area (Å²) in [6, 6.07) is 6.61. The van der Waals surface area contributed by atoms with Crippen molar-refractivity contribution < 1.29 is 14.3 Å². The first-order valence-electron chi connectivity index (χ1n) is 8.56. The molecule has 154 valence electrons. The molecule has 29 heavy (non-hydrogen) atoms. The van der Waals surface area contributed by atoms with E-state index in [4.69, 9.17) is 51.1 Å². The molecule has 0 radical (unpaired) electrons. The SMILES string of the molecule is O=C(CN1CCOCC1)Nc1ccc(NC(=O)c2nc(Cl)c(Cl)c(Cl)c2Cl)cc1. The molecule has 1 aliphatic rings. The Morgan fingerprint density at radius 3 is 2.14 bits per heavy atom. The second-order valence-corrected chi connectivity index (χ2v) is 7.65. The van der Waals surface area contributed by atoms with Gasteiger partial charge in [-0.25, -0.2) is 4.98 Å². The van der Waals surface area contributed by atoms with Crippen molar-refractivity contribution in [2.75, 3.05) is 43.5 Å². The summed E-state index contributed by atoms with van der Waals surface area (Å²) in [5, 5.41) is 5.17. The van der Waals surface area contributed by atoms with Crippen LogP contribution in [0.4, 0.5) is 11.4 Å². The van der Waals surface area contributed by atoms with Crippen LogP contribution in [0.5, 0.6) is 0 Å². The molecule has 0 aliphatic carbocycles. The molecule has 7 nitrogen and oxygen atoms in total. The van der Waals surface area contributed by atoms with Gasteiger partial charge in [-0.15, -0.1) is 0 Å². The van der Waals surface area contributed by atoms with Gasteiger partial charge in [-0.3, -0.25) is 14.5 Å². The molecule has 1 fully saturated rings. The van der Waals surface area contributed by atoms with Crippen molar-refractivity contribution in [3.05, 3.63) is 50.2 Å². The van der Waals surface area contributed by atoms with Crippen LogP contribution in [0, 0.1) is 0 Å². The van der Waals surface area contributed by atoms with Gasteiger partial charge in [0.25, 0.3) is 5.91 Å². The van der Waals surface area contributed by atoms with Gasteiger partial charge in [0.05, 0.1) is 34.8 Å². The van der Waals surface area contributed by atoms with E-state index in [1.807, 2.05) is 4.90 Å². The average Bonchev–Trinajstić information content (AvgIpc) is 2.71. The zero-order chi connectivity index (χ0) is 21.0. The third-order valence-corrected chi connectivity index (χ3v) is 5.77. The van der Waals surface area contributed by atoms with Crippen LogP contribution in [0.15, 0.2) is 24.3 Å². The van der Waals surface area contributed by atoms with Crippen molar-refractivity contribution >= 4 is 69.6 Å². The first-order chi connectivity index (χ1) is 13.8. The van der Waals surface area contributed by atoms with E-state index >= 15 is 0 Å². The van der Waals surface area contributed by atoms with Gasteiger partial charge in [0, 0.05) is 24.5 Å². The van der Waals surface area contributed by atoms with Crippen molar-refractivity contribution in [1.82, 2.24) is 9.88 Å². The van der Waals surface area contributed by atoms with Crippen LogP contribution in [0.3, 0.4) is 0 Å². The number of morpholine rings is 1. The summed E-state index contributed by atoms with van der Waals surface area (Å²) in [4.78, 5) is 30.5. The highest BCUT2D eigenvalue weighted by molar-refractivity contribution is 6.52. The van der Waals surface area contributed by atoms with Crippen LogP contribution >= 0.6 is 46.4 Å². The molecular formula is C18H16Cl4N4O3. The van der Waals surface area contributed by atoms with Gasteiger partial charge in [-0.2, -0.15) is 0 Å². The van der Waals surface area contributed by atoms with Crippen LogP contribution in [0.1, 0.15) is 10.5 Å². The van der Waals surface area contributed by atoms with E-state index in [9.17, 15) is 9.59 Å². The third-order valence-electron chi connectivity index (χ3n) is 4.10. The van der Waals surface area contributed by atoms with Gasteiger partial charge in [0.1, 0.15) is 10.8 Å². The van der Waals surface area contributed by atoms with Crippen molar-refractivity contribution in [2.24, 2.45) is 0 Å². The maximum Gasteiger partial charge on any atom is 0.275 e. The zero-order valence-electron chi connectivity index (χ0n) is 15.0. The fourth-order valence-electron chi connectivity index (χ4n) is 2.63. The van der Waals surface area contributed by atoms with Crippen LogP contribution in [0.25, 0.3) is 0 Å². The quantitative estimate of drug-likeness (QED) is 0.630. The molecule has 0 saturated carbocycles. The first kappa shape index (κ1) is 22.1. The molecule has 11 heteroatoms. The number of rotatable bonds is 5. The standard InChI is InChI=1S/C18H16Cl4N4O3/c19-13-14(20)16(25-17(22)15(13)21)18(28)24-11-3-1-10(2-4-11)23-12(27)9-26-5-7-29-8-6-26/h1-4H,5-9H2,(H,23,27)(H,24,28). The lowest BCUT2D eigenvalue weighted by atomic mass is 10.2. The number of ether oxygens (including phenoxy) is 1. The van der Waals surface area contributed by atoms with E-state index in [0.29, 0.717) is 31.1 Å². The van der Waals surface area contributed by atoms with E-state index in [1.54, 1.807) is 24.3 Å². The normalized spacial score (nSPS) is 14.5. The molecule has 2 heterocycles. The summed E-state index contributed by atoms with van der Waals surface area (Å²) in [5.41, 5.74) is 0.935. The van der Waals surface area contributed by atoms with Gasteiger partial charge in [-0.05, 0) is 24.3 Å². The maximum atomic E-state index is 12.4. The summed E-state index contributed by atoms with van der Waals surface area (Å²) in [6.07, 6.45) is 0. The molecule has 1 saturated heterocycles. The second kappa shape index (κ2) is 9.93. The molecule has 0 unspecified atom stereocenters. The minimum atomic E-state index is -0.598. The number of benzene rings is 1. The Bertz CT molecular complexity index is 918. The molecule has 2 aromatic rings. The lowest BCUT2D eigenvalue weighted by Crippen LogP contribution is -2.41. The Hall–Kier alpha value is -1.61. The van der Waals surface area contributed by atoms with Crippen molar-refractivity contribution in [2.45, 2.75) is 0 Å². The summed E-state index contributed by atoms with van der Waals surface area (Å²) in [7, 11) is 0. The lowest BCUT2D eigenvalue weighted by Gasteiger charge is -2.25. The molecule has 1 aliphatic heterocycles. The Balaban J connectivity index is 1.60. The topological polar surface area (TPSA) is 83.6 Å². The van der Waals surface area contributed by atoms with Crippen molar-refractivity contribution in [1.29, 1.82) is 0 Å². The number of amides is 2. The van der Waals surface area contributed by atoms with E-state index in [-0.39, 0.29) is 31.8 Å². The van der Waals surface area contributed by atoms with Gasteiger partial charge in [-0.1, -0.05) is 46.4 Å². The molecular weight excluding hydrogens is 462 g/mol. The lowest BCUT2D eigenvalue weighted by molar-refractivity contribution is -0.118. The molecule has 1 aromatic carbocycles. The Kier molecular flexibility index (Phi) is 7.56. The number of nitrogens with zero attached hydrogens (tertiary/aromatic N) is 2. The van der Waals surface area contributed by atoms with Gasteiger partial charge in [0.15, 0.2) is 0 Å². The number of carbonyl (C=O) groups is 2. The highest BCUT2D eigenvalue weighted by Gasteiger charge is 2.20. The van der Waals surface area contributed by atoms with Crippen LogP contribution in [0.2, 0.25) is 20.2 Å². The fourth-order valence-corrected chi connectivity index (χ4v) is 3.44. The molecule has 0 spiro atoms. The van der Waals surface area contributed by atoms with Crippen molar-refractivity contribution in [3.63, 3.8) is 0 Å². The highest BCUT2D eigenvalue weighted by Crippen LogP contribution is 2.36. The molecule has 2 N–H and O–H groups in total. The van der Waals surface area contributed by atoms with Gasteiger partial charge >= 0.3 is 0 Å². The largest absolute Gasteiger partial charge is 0.379 e. The van der Waals surface area contributed by atoms with Crippen LogP contribution < -0.4 is 10.6 Å². The van der Waals surface area contributed by atoms with Crippen LogP contribution in [-0.2, 0) is 9.53 Å². The van der Waals surface area contributed by atoms with Crippen LogP contribution in [-0.4, -0.2) is 54.5 Å². The van der Waals surface area contributed by atoms with Gasteiger partial charge in [0.2, 0.25) is 5.91 Å². The number of halogens is 4. The van der Waals surface area contributed by atoms with Gasteiger partial charge < -0.3 is 15.4 Å². The zero-order valence-corrected chi connectivity index (χ0v) is 18.0. The number of hydrogen-bond acceptors (Lipinski definition) is 5. The number of aromatic nitrogens is 1. The number of carbonyl (C=O) groups excluding carboxylic acids is 2. The highest BCUT2D eigenvalue weighted by atomic mass is 35.5. The maximum absolute atomic E-state index is 12.4. The summed E-state index contributed by atoms with van der Waals surface area (Å²) >= 11 is 23.7. The van der Waals surface area contributed by atoms with E-state index < -0.39 is 5.91 Å². The van der Waals surface area contributed by atoms with E-state index in [1.165, 1.54) is 0 Å². The molecule has 3 rings (SSSR count). The van der Waals surface area contributed by atoms with E-state index in [0.717, 1.165) is 13.1 Å². The average molecular weight is 478 g/mol. The number of hydrogen-bond donors (Lipinski definition) is 2. The minimum absolute atomic E-state index is 0.0212. The minimum Gasteiger partial charge on any atom is -0.379 e. The summed E-state index contributed by atoms with van der Waals surface area (Å²) < 4.78 is 5.26. The summed E-state index contributed by atoms with van der Waals surface area (Å²) in [6.45, 7) is 3.01. The summed E-state index contributed by atoms with van der Waals surface area (Å²) in [5.74, 6) is -0.718. The smallest absolute Gasteiger partial charge is 0.275 e. The van der Waals surface area contributed by atoms with Crippen molar-refractivity contribution in [3.8, 4) is 0 Å². The molecule has 2 amide bonds. The van der Waals surface area contributed by atoms with E-state index in [2.05, 4.69) is 15.6 Å². The molecule has 1 aromatic heterocycles. The number of nitrogens with one attached hydrogen (secondary N) is 2. The monoisotopic (exact) mass is 476 g/mol. The predicted octanol–water partition coefficient (Wildman–Crippen LogP) is 4.22. The predicted molar refractivity (Wildman–Crippen MR) is 115 cm³/mol. The fraction of sp³-hybridized carbons (Fsp3) is 0.278. The molecule has 0 atom stereocenters. The number of anilines is 2. The molecule has 0 bridgehead atoms. The number of pyridine rings is 1. The first-order valence-corrected chi connectivity index (χ1v) is 10.1. The Morgan fingerprint density at radius 1 is 0.931 bits per heavy atom. The second-order valence-electron chi connectivity index (χ2n) is 6.16.